The van der Waals surface area contributed by atoms with Crippen molar-refractivity contribution < 1.29 is 22.8 Å². The number of halogens is 3. The van der Waals surface area contributed by atoms with Crippen LogP contribution in [0.4, 0.5) is 24.5 Å². The summed E-state index contributed by atoms with van der Waals surface area (Å²) in [4.78, 5) is 24.3. The molecule has 8 heteroatoms. The fourth-order valence-corrected chi connectivity index (χ4v) is 3.12. The summed E-state index contributed by atoms with van der Waals surface area (Å²) in [6.07, 6.45) is -1.97. The minimum atomic E-state index is -4.43. The molecule has 4 nitrogen and oxygen atoms in total. The summed E-state index contributed by atoms with van der Waals surface area (Å²) < 4.78 is 38.1. The molecule has 2 amide bonds. The highest BCUT2D eigenvalue weighted by Crippen LogP contribution is 2.33. The molecule has 1 aliphatic rings. The molecule has 26 heavy (non-hydrogen) atoms. The van der Waals surface area contributed by atoms with E-state index in [0.717, 1.165) is 23.1 Å². The molecule has 0 radical (unpaired) electrons. The quantitative estimate of drug-likeness (QED) is 0.779. The predicted molar refractivity (Wildman–Crippen MR) is 94.9 cm³/mol. The summed E-state index contributed by atoms with van der Waals surface area (Å²) >= 11 is 1.40. The summed E-state index contributed by atoms with van der Waals surface area (Å²) in [5, 5.41) is 5.33. The molecular formula is C18H13F3N2O2S. The molecule has 2 N–H and O–H groups in total. The van der Waals surface area contributed by atoms with E-state index in [9.17, 15) is 22.8 Å². The van der Waals surface area contributed by atoms with Crippen molar-refractivity contribution in [3.05, 3.63) is 59.7 Å². The standard InChI is InChI=1S/C18H13F3N2O2S/c19-18(20,21)12-3-1-2-11(8-12)4-7-16(24)22-13-5-6-15-14(9-13)23-17(25)10-26-15/h1-9H,10H2,(H,22,24)(H,23,25). The number of hydrogen-bond acceptors (Lipinski definition) is 3. The van der Waals surface area contributed by atoms with E-state index in [1.807, 2.05) is 0 Å². The molecule has 0 spiro atoms. The topological polar surface area (TPSA) is 58.2 Å². The molecule has 0 aromatic heterocycles. The van der Waals surface area contributed by atoms with Crippen molar-refractivity contribution >= 4 is 41.0 Å². The van der Waals surface area contributed by atoms with Crippen LogP contribution in [-0.4, -0.2) is 17.6 Å². The lowest BCUT2D eigenvalue weighted by molar-refractivity contribution is -0.137. The SMILES string of the molecule is O=C(C=Cc1cccc(C(F)(F)F)c1)Nc1ccc2c(c1)NC(=O)CS2. The Hall–Kier alpha value is -2.74. The van der Waals surface area contributed by atoms with Crippen molar-refractivity contribution in [1.29, 1.82) is 0 Å². The third-order valence-electron chi connectivity index (χ3n) is 3.52. The van der Waals surface area contributed by atoms with Crippen molar-refractivity contribution in [3.8, 4) is 0 Å². The molecule has 2 aromatic carbocycles. The van der Waals surface area contributed by atoms with E-state index in [1.165, 1.54) is 30.0 Å². The summed E-state index contributed by atoms with van der Waals surface area (Å²) in [6, 6.07) is 9.81. The zero-order valence-corrected chi connectivity index (χ0v) is 14.1. The molecule has 0 aliphatic carbocycles. The van der Waals surface area contributed by atoms with Crippen LogP contribution in [0.3, 0.4) is 0 Å². The van der Waals surface area contributed by atoms with E-state index in [4.69, 9.17) is 0 Å². The maximum atomic E-state index is 12.7. The largest absolute Gasteiger partial charge is 0.416 e. The van der Waals surface area contributed by atoms with Crippen LogP contribution in [0.25, 0.3) is 6.08 Å². The smallest absolute Gasteiger partial charge is 0.324 e. The number of alkyl halides is 3. The average molecular weight is 378 g/mol. The highest BCUT2D eigenvalue weighted by molar-refractivity contribution is 8.00. The molecule has 1 aliphatic heterocycles. The second-order valence-electron chi connectivity index (χ2n) is 5.49. The van der Waals surface area contributed by atoms with Gasteiger partial charge in [0.05, 0.1) is 17.0 Å². The van der Waals surface area contributed by atoms with Crippen LogP contribution in [0.2, 0.25) is 0 Å². The van der Waals surface area contributed by atoms with Crippen molar-refractivity contribution in [2.45, 2.75) is 11.1 Å². The van der Waals surface area contributed by atoms with Crippen molar-refractivity contribution in [2.24, 2.45) is 0 Å². The van der Waals surface area contributed by atoms with Crippen LogP contribution in [-0.2, 0) is 15.8 Å². The number of hydrogen-bond donors (Lipinski definition) is 2. The average Bonchev–Trinajstić information content (AvgIpc) is 2.59. The van der Waals surface area contributed by atoms with Gasteiger partial charge in [0.1, 0.15) is 0 Å². The van der Waals surface area contributed by atoms with Gasteiger partial charge in [0.2, 0.25) is 11.8 Å². The van der Waals surface area contributed by atoms with Gasteiger partial charge in [0.15, 0.2) is 0 Å². The highest BCUT2D eigenvalue weighted by Gasteiger charge is 2.30. The molecule has 1 heterocycles. The van der Waals surface area contributed by atoms with Gasteiger partial charge in [0.25, 0.3) is 0 Å². The maximum Gasteiger partial charge on any atom is 0.416 e. The van der Waals surface area contributed by atoms with Crippen LogP contribution in [0.1, 0.15) is 11.1 Å². The fraction of sp³-hybridized carbons (Fsp3) is 0.111. The molecule has 0 bridgehead atoms. The van der Waals surface area contributed by atoms with Crippen LogP contribution in [0.15, 0.2) is 53.4 Å². The summed E-state index contributed by atoms with van der Waals surface area (Å²) in [5.74, 6) is -0.258. The zero-order chi connectivity index (χ0) is 18.7. The van der Waals surface area contributed by atoms with Crippen molar-refractivity contribution in [3.63, 3.8) is 0 Å². The molecular weight excluding hydrogens is 365 g/mol. The number of carbonyl (C=O) groups excluding carboxylic acids is 2. The van der Waals surface area contributed by atoms with Gasteiger partial charge in [-0.05, 0) is 42.0 Å². The molecule has 0 fully saturated rings. The van der Waals surface area contributed by atoms with Gasteiger partial charge in [-0.2, -0.15) is 13.2 Å². The number of benzene rings is 2. The first-order valence-corrected chi connectivity index (χ1v) is 8.53. The summed E-state index contributed by atoms with van der Waals surface area (Å²) in [7, 11) is 0. The van der Waals surface area contributed by atoms with Crippen LogP contribution >= 0.6 is 11.8 Å². The minimum Gasteiger partial charge on any atom is -0.324 e. The first-order valence-electron chi connectivity index (χ1n) is 7.54. The minimum absolute atomic E-state index is 0.115. The Kier molecular flexibility index (Phi) is 5.03. The molecule has 0 unspecified atom stereocenters. The number of carbonyl (C=O) groups is 2. The van der Waals surface area contributed by atoms with Gasteiger partial charge < -0.3 is 10.6 Å². The summed E-state index contributed by atoms with van der Waals surface area (Å²) in [5.41, 5.74) is 0.586. The fourth-order valence-electron chi connectivity index (χ4n) is 2.34. The van der Waals surface area contributed by atoms with E-state index >= 15 is 0 Å². The third-order valence-corrected chi connectivity index (χ3v) is 4.59. The van der Waals surface area contributed by atoms with Crippen LogP contribution in [0.5, 0.6) is 0 Å². The second kappa shape index (κ2) is 7.25. The predicted octanol–water partition coefficient (Wildman–Crippen LogP) is 4.40. The summed E-state index contributed by atoms with van der Waals surface area (Å²) in [6.45, 7) is 0. The lowest BCUT2D eigenvalue weighted by Crippen LogP contribution is -2.19. The maximum absolute atomic E-state index is 12.7. The normalized spacial score (nSPS) is 14.0. The van der Waals surface area contributed by atoms with E-state index in [0.29, 0.717) is 17.1 Å². The van der Waals surface area contributed by atoms with Gasteiger partial charge in [0, 0.05) is 16.7 Å². The number of amides is 2. The lowest BCUT2D eigenvalue weighted by atomic mass is 10.1. The van der Waals surface area contributed by atoms with Gasteiger partial charge in [-0.15, -0.1) is 11.8 Å². The second-order valence-corrected chi connectivity index (χ2v) is 6.51. The number of thioether (sulfide) groups is 1. The Morgan fingerprint density at radius 3 is 2.77 bits per heavy atom. The van der Waals surface area contributed by atoms with Gasteiger partial charge in [-0.3, -0.25) is 9.59 Å². The van der Waals surface area contributed by atoms with E-state index in [2.05, 4.69) is 10.6 Å². The van der Waals surface area contributed by atoms with Gasteiger partial charge >= 0.3 is 6.18 Å². The molecule has 134 valence electrons. The third kappa shape index (κ3) is 4.45. The van der Waals surface area contributed by atoms with Crippen molar-refractivity contribution in [1.82, 2.24) is 0 Å². The Morgan fingerprint density at radius 1 is 1.19 bits per heavy atom. The Labute approximate surface area is 151 Å². The Balaban J connectivity index is 1.69. The zero-order valence-electron chi connectivity index (χ0n) is 13.3. The van der Waals surface area contributed by atoms with E-state index in [1.54, 1.807) is 18.2 Å². The molecule has 0 atom stereocenters. The Morgan fingerprint density at radius 2 is 2.00 bits per heavy atom. The van der Waals surface area contributed by atoms with E-state index in [-0.39, 0.29) is 11.5 Å². The van der Waals surface area contributed by atoms with Crippen molar-refractivity contribution in [2.75, 3.05) is 16.4 Å². The molecule has 2 aromatic rings. The number of nitrogens with one attached hydrogen (secondary N) is 2. The molecule has 0 saturated carbocycles. The van der Waals surface area contributed by atoms with Crippen LogP contribution < -0.4 is 10.6 Å². The monoisotopic (exact) mass is 378 g/mol. The Bertz CT molecular complexity index is 894. The van der Waals surface area contributed by atoms with Crippen LogP contribution in [0, 0.1) is 0 Å². The number of anilines is 2. The number of rotatable bonds is 3. The first kappa shape index (κ1) is 18.1. The highest BCUT2D eigenvalue weighted by atomic mass is 32.2. The van der Waals surface area contributed by atoms with E-state index < -0.39 is 17.6 Å². The number of fused-ring (bicyclic) bond motifs is 1. The molecule has 3 rings (SSSR count). The van der Waals surface area contributed by atoms with Gasteiger partial charge in [-0.25, -0.2) is 0 Å². The molecule has 0 saturated heterocycles. The first-order chi connectivity index (χ1) is 12.3. The lowest BCUT2D eigenvalue weighted by Gasteiger charge is -2.17. The van der Waals surface area contributed by atoms with Gasteiger partial charge in [-0.1, -0.05) is 12.1 Å².